The Morgan fingerprint density at radius 3 is 2.26 bits per heavy atom. The molecule has 3 heteroatoms. The van der Waals surface area contributed by atoms with Crippen molar-refractivity contribution in [2.24, 2.45) is 11.3 Å². The van der Waals surface area contributed by atoms with Gasteiger partial charge in [-0.15, -0.1) is 0 Å². The van der Waals surface area contributed by atoms with Crippen LogP contribution in [-0.4, -0.2) is 61.3 Å². The predicted molar refractivity (Wildman–Crippen MR) is 76.2 cm³/mol. The zero-order valence-corrected chi connectivity index (χ0v) is 12.5. The molecule has 3 nitrogen and oxygen atoms in total. The molecule has 0 aromatic rings. The number of rotatable bonds is 1. The van der Waals surface area contributed by atoms with Crippen molar-refractivity contribution < 1.29 is 4.74 Å². The minimum Gasteiger partial charge on any atom is -0.375 e. The van der Waals surface area contributed by atoms with Gasteiger partial charge in [0.25, 0.3) is 0 Å². The standard InChI is InChI=1S/C16H28N2O/c1-13-7-16(19-10-13)3-5-18(6-4-16)14-8-15(9-14)11-17(2)12-15/h13-14H,3-12H2,1-2H3. The SMILES string of the molecule is CC1COC2(CCN(C3CC4(C3)CN(C)C4)CC2)C1. The van der Waals surface area contributed by atoms with Crippen LogP contribution in [0.4, 0.5) is 0 Å². The van der Waals surface area contributed by atoms with Crippen LogP contribution >= 0.6 is 0 Å². The van der Waals surface area contributed by atoms with Crippen molar-refractivity contribution in [3.63, 3.8) is 0 Å². The van der Waals surface area contributed by atoms with Crippen LogP contribution in [0.1, 0.15) is 39.0 Å². The van der Waals surface area contributed by atoms with E-state index in [0.29, 0.717) is 0 Å². The Hall–Kier alpha value is -0.120. The van der Waals surface area contributed by atoms with Crippen LogP contribution in [-0.2, 0) is 4.74 Å². The monoisotopic (exact) mass is 264 g/mol. The lowest BCUT2D eigenvalue weighted by molar-refractivity contribution is -0.119. The molecule has 1 saturated carbocycles. The molecule has 0 aromatic carbocycles. The van der Waals surface area contributed by atoms with Gasteiger partial charge in [0.05, 0.1) is 5.60 Å². The van der Waals surface area contributed by atoms with Crippen molar-refractivity contribution in [2.75, 3.05) is 39.8 Å². The second-order valence-electron chi connectivity index (χ2n) is 8.07. The summed E-state index contributed by atoms with van der Waals surface area (Å²) in [6, 6.07) is 0.893. The Bertz CT molecular complexity index is 348. The minimum atomic E-state index is 0.272. The average Bonchev–Trinajstić information content (AvgIpc) is 2.65. The largest absolute Gasteiger partial charge is 0.375 e. The molecular weight excluding hydrogens is 236 g/mol. The van der Waals surface area contributed by atoms with Crippen molar-refractivity contribution in [1.82, 2.24) is 9.80 Å². The summed E-state index contributed by atoms with van der Waals surface area (Å²) in [5.41, 5.74) is 1.00. The molecule has 108 valence electrons. The lowest BCUT2D eigenvalue weighted by Gasteiger charge is -2.61. The predicted octanol–water partition coefficient (Wildman–Crippen LogP) is 1.97. The lowest BCUT2D eigenvalue weighted by Crippen LogP contribution is -2.66. The van der Waals surface area contributed by atoms with Crippen LogP contribution < -0.4 is 0 Å². The quantitative estimate of drug-likeness (QED) is 0.720. The van der Waals surface area contributed by atoms with E-state index in [1.165, 1.54) is 58.3 Å². The zero-order chi connectivity index (χ0) is 13.1. The van der Waals surface area contributed by atoms with Gasteiger partial charge in [-0.05, 0) is 50.5 Å². The first-order valence-corrected chi connectivity index (χ1v) is 8.15. The van der Waals surface area contributed by atoms with E-state index in [4.69, 9.17) is 4.74 Å². The van der Waals surface area contributed by atoms with E-state index >= 15 is 0 Å². The minimum absolute atomic E-state index is 0.272. The molecule has 0 N–H and O–H groups in total. The maximum absolute atomic E-state index is 6.13. The van der Waals surface area contributed by atoms with Gasteiger partial charge >= 0.3 is 0 Å². The molecule has 2 spiro atoms. The van der Waals surface area contributed by atoms with Crippen LogP contribution in [0.15, 0.2) is 0 Å². The summed E-state index contributed by atoms with van der Waals surface area (Å²) in [4.78, 5) is 5.23. The molecule has 0 radical (unpaired) electrons. The van der Waals surface area contributed by atoms with Gasteiger partial charge in [-0.1, -0.05) is 6.92 Å². The van der Waals surface area contributed by atoms with E-state index in [1.54, 1.807) is 0 Å². The van der Waals surface area contributed by atoms with E-state index in [1.807, 2.05) is 0 Å². The molecule has 4 rings (SSSR count). The number of hydrogen-bond donors (Lipinski definition) is 0. The second-order valence-corrected chi connectivity index (χ2v) is 8.07. The molecular formula is C16H28N2O. The molecule has 3 heterocycles. The van der Waals surface area contributed by atoms with Gasteiger partial charge < -0.3 is 14.5 Å². The first-order chi connectivity index (χ1) is 9.08. The van der Waals surface area contributed by atoms with Gasteiger partial charge in [0.2, 0.25) is 0 Å². The molecule has 1 aliphatic carbocycles. The molecule has 3 saturated heterocycles. The van der Waals surface area contributed by atoms with Crippen LogP contribution in [0.2, 0.25) is 0 Å². The van der Waals surface area contributed by atoms with Crippen LogP contribution in [0.5, 0.6) is 0 Å². The fourth-order valence-corrected chi connectivity index (χ4v) is 5.27. The van der Waals surface area contributed by atoms with Crippen molar-refractivity contribution in [1.29, 1.82) is 0 Å². The Kier molecular flexibility index (Phi) is 2.78. The van der Waals surface area contributed by atoms with Crippen molar-refractivity contribution in [3.05, 3.63) is 0 Å². The van der Waals surface area contributed by atoms with E-state index in [2.05, 4.69) is 23.8 Å². The first-order valence-electron chi connectivity index (χ1n) is 8.15. The molecule has 4 fully saturated rings. The Morgan fingerprint density at radius 2 is 1.74 bits per heavy atom. The highest BCUT2D eigenvalue weighted by Crippen LogP contribution is 2.50. The van der Waals surface area contributed by atoms with Crippen LogP contribution in [0.25, 0.3) is 0 Å². The van der Waals surface area contributed by atoms with Gasteiger partial charge in [-0.3, -0.25) is 0 Å². The molecule has 3 aliphatic heterocycles. The molecule has 0 bridgehead atoms. The van der Waals surface area contributed by atoms with Crippen molar-refractivity contribution in [2.45, 2.75) is 50.7 Å². The maximum atomic E-state index is 6.13. The number of hydrogen-bond acceptors (Lipinski definition) is 3. The summed E-state index contributed by atoms with van der Waals surface area (Å²) >= 11 is 0. The van der Waals surface area contributed by atoms with Gasteiger partial charge in [-0.2, -0.15) is 0 Å². The third-order valence-corrected chi connectivity index (χ3v) is 6.17. The van der Waals surface area contributed by atoms with E-state index in [-0.39, 0.29) is 5.60 Å². The highest BCUT2D eigenvalue weighted by molar-refractivity contribution is 5.07. The number of ether oxygens (including phenoxy) is 1. The highest BCUT2D eigenvalue weighted by Gasteiger charge is 2.53. The fourth-order valence-electron chi connectivity index (χ4n) is 5.27. The summed E-state index contributed by atoms with van der Waals surface area (Å²) in [5, 5.41) is 0. The third-order valence-electron chi connectivity index (χ3n) is 6.17. The van der Waals surface area contributed by atoms with Crippen molar-refractivity contribution in [3.8, 4) is 0 Å². The number of piperidine rings is 1. The van der Waals surface area contributed by atoms with Crippen molar-refractivity contribution >= 4 is 0 Å². The Balaban J connectivity index is 1.28. The third kappa shape index (κ3) is 2.05. The van der Waals surface area contributed by atoms with E-state index in [0.717, 1.165) is 24.0 Å². The first kappa shape index (κ1) is 12.6. The zero-order valence-electron chi connectivity index (χ0n) is 12.5. The van der Waals surface area contributed by atoms with E-state index in [9.17, 15) is 0 Å². The van der Waals surface area contributed by atoms with Gasteiger partial charge in [0.1, 0.15) is 0 Å². The maximum Gasteiger partial charge on any atom is 0.0710 e. The normalized spacial score (nSPS) is 38.5. The van der Waals surface area contributed by atoms with Gasteiger partial charge in [0.15, 0.2) is 0 Å². The second kappa shape index (κ2) is 4.19. The van der Waals surface area contributed by atoms with Crippen LogP contribution in [0.3, 0.4) is 0 Å². The summed E-state index contributed by atoms with van der Waals surface area (Å²) in [5.74, 6) is 0.782. The molecule has 1 atom stereocenters. The number of nitrogens with zero attached hydrogens (tertiary/aromatic N) is 2. The lowest BCUT2D eigenvalue weighted by atomic mass is 9.60. The Morgan fingerprint density at radius 1 is 1.05 bits per heavy atom. The highest BCUT2D eigenvalue weighted by atomic mass is 16.5. The summed E-state index contributed by atoms with van der Waals surface area (Å²) in [7, 11) is 2.25. The molecule has 19 heavy (non-hydrogen) atoms. The van der Waals surface area contributed by atoms with E-state index < -0.39 is 0 Å². The summed E-state index contributed by atoms with van der Waals surface area (Å²) < 4.78 is 6.13. The van der Waals surface area contributed by atoms with Crippen LogP contribution in [0, 0.1) is 11.3 Å². The topological polar surface area (TPSA) is 15.7 Å². The van der Waals surface area contributed by atoms with Gasteiger partial charge in [-0.25, -0.2) is 0 Å². The number of likely N-dealkylation sites (tertiary alicyclic amines) is 2. The molecule has 0 amide bonds. The molecule has 4 aliphatic rings. The average molecular weight is 264 g/mol. The Labute approximate surface area is 117 Å². The van der Waals surface area contributed by atoms with Gasteiger partial charge in [0, 0.05) is 38.8 Å². The summed E-state index contributed by atoms with van der Waals surface area (Å²) in [6.45, 7) is 8.60. The molecule has 1 unspecified atom stereocenters. The fraction of sp³-hybridized carbons (Fsp3) is 1.00. The molecule has 0 aromatic heterocycles. The smallest absolute Gasteiger partial charge is 0.0710 e. The summed E-state index contributed by atoms with van der Waals surface area (Å²) in [6.07, 6.45) is 6.78.